The van der Waals surface area contributed by atoms with Gasteiger partial charge in [-0.05, 0) is 12.8 Å². The van der Waals surface area contributed by atoms with E-state index in [1.54, 1.807) is 0 Å². The number of aryl methyl sites for hydroxylation is 1. The van der Waals surface area contributed by atoms with Gasteiger partial charge in [-0.3, -0.25) is 9.89 Å². The molecule has 0 aliphatic carbocycles. The van der Waals surface area contributed by atoms with Crippen molar-refractivity contribution in [2.45, 2.75) is 33.1 Å². The van der Waals surface area contributed by atoms with Crippen LogP contribution in [0.4, 0.5) is 0 Å². The first kappa shape index (κ1) is 9.77. The lowest BCUT2D eigenvalue weighted by Crippen LogP contribution is -2.13. The lowest BCUT2D eigenvalue weighted by molar-refractivity contribution is 0.0994. The Morgan fingerprint density at radius 3 is 2.69 bits per heavy atom. The molecule has 1 rings (SSSR count). The molecule has 1 aromatic heterocycles. The van der Waals surface area contributed by atoms with Crippen molar-refractivity contribution in [3.8, 4) is 0 Å². The van der Waals surface area contributed by atoms with Gasteiger partial charge in [0, 0.05) is 11.3 Å². The van der Waals surface area contributed by atoms with Crippen LogP contribution in [0.25, 0.3) is 0 Å². The third-order valence-electron chi connectivity index (χ3n) is 2.04. The van der Waals surface area contributed by atoms with E-state index in [0.29, 0.717) is 5.69 Å². The molecule has 72 valence electrons. The molecule has 1 heterocycles. The van der Waals surface area contributed by atoms with Gasteiger partial charge in [0.15, 0.2) is 5.69 Å². The van der Waals surface area contributed by atoms with Gasteiger partial charge >= 0.3 is 0 Å². The van der Waals surface area contributed by atoms with Gasteiger partial charge in [0.2, 0.25) is 0 Å². The number of nitrogens with zero attached hydrogens (tertiary/aromatic N) is 1. The Balaban J connectivity index is 3.03. The average molecular weight is 181 g/mol. The van der Waals surface area contributed by atoms with Crippen molar-refractivity contribution in [3.05, 3.63) is 17.0 Å². The number of H-pyrrole nitrogens is 1. The third-order valence-corrected chi connectivity index (χ3v) is 2.04. The normalized spacial score (nSPS) is 10.3. The first-order valence-corrected chi connectivity index (χ1v) is 4.56. The number of primary amides is 1. The number of carbonyl (C=O) groups is 1. The predicted molar refractivity (Wildman–Crippen MR) is 50.5 cm³/mol. The zero-order chi connectivity index (χ0) is 9.84. The van der Waals surface area contributed by atoms with Crippen molar-refractivity contribution in [1.29, 1.82) is 0 Å². The fourth-order valence-corrected chi connectivity index (χ4v) is 1.44. The molecule has 0 spiro atoms. The number of nitrogens with two attached hydrogens (primary N) is 1. The highest BCUT2D eigenvalue weighted by Crippen LogP contribution is 2.13. The molecule has 0 fully saturated rings. The van der Waals surface area contributed by atoms with Crippen molar-refractivity contribution < 1.29 is 4.79 Å². The van der Waals surface area contributed by atoms with Crippen LogP contribution in [0.1, 0.15) is 42.0 Å². The maximum absolute atomic E-state index is 10.9. The van der Waals surface area contributed by atoms with Gasteiger partial charge in [-0.1, -0.05) is 20.3 Å². The second kappa shape index (κ2) is 4.07. The van der Waals surface area contributed by atoms with Crippen LogP contribution in [-0.2, 0) is 12.8 Å². The standard InChI is InChI=1S/C9H15N3O/c1-3-5-7-6(4-2)8(9(10)13)12-11-7/h3-5H2,1-2H3,(H2,10,13)(H,11,12). The van der Waals surface area contributed by atoms with Crippen LogP contribution in [0.3, 0.4) is 0 Å². The minimum atomic E-state index is -0.449. The van der Waals surface area contributed by atoms with E-state index >= 15 is 0 Å². The van der Waals surface area contributed by atoms with E-state index in [9.17, 15) is 4.79 Å². The van der Waals surface area contributed by atoms with E-state index in [4.69, 9.17) is 5.73 Å². The van der Waals surface area contributed by atoms with Gasteiger partial charge < -0.3 is 5.73 Å². The summed E-state index contributed by atoms with van der Waals surface area (Å²) in [7, 11) is 0. The highest BCUT2D eigenvalue weighted by atomic mass is 16.1. The Labute approximate surface area is 77.5 Å². The average Bonchev–Trinajstić information content (AvgIpc) is 2.48. The van der Waals surface area contributed by atoms with E-state index in [1.807, 2.05) is 6.92 Å². The summed E-state index contributed by atoms with van der Waals surface area (Å²) in [6, 6.07) is 0. The molecule has 3 N–H and O–H groups in total. The molecule has 0 aromatic carbocycles. The minimum absolute atomic E-state index is 0.394. The maximum atomic E-state index is 10.9. The highest BCUT2D eigenvalue weighted by Gasteiger charge is 2.14. The number of hydrogen-bond donors (Lipinski definition) is 2. The van der Waals surface area contributed by atoms with Crippen LogP contribution in [0, 0.1) is 0 Å². The summed E-state index contributed by atoms with van der Waals surface area (Å²) >= 11 is 0. The summed E-state index contributed by atoms with van der Waals surface area (Å²) < 4.78 is 0. The Hall–Kier alpha value is -1.32. The summed E-state index contributed by atoms with van der Waals surface area (Å²) in [4.78, 5) is 10.9. The second-order valence-corrected chi connectivity index (χ2v) is 3.00. The first-order chi connectivity index (χ1) is 6.20. The highest BCUT2D eigenvalue weighted by molar-refractivity contribution is 5.92. The topological polar surface area (TPSA) is 71.8 Å². The van der Waals surface area contributed by atoms with Crippen LogP contribution in [0.15, 0.2) is 0 Å². The zero-order valence-corrected chi connectivity index (χ0v) is 8.05. The molecule has 1 aromatic rings. The largest absolute Gasteiger partial charge is 0.364 e. The molecule has 0 aliphatic rings. The van der Waals surface area contributed by atoms with Crippen LogP contribution in [0.5, 0.6) is 0 Å². The summed E-state index contributed by atoms with van der Waals surface area (Å²) in [6.07, 6.45) is 2.75. The molecule has 0 unspecified atom stereocenters. The van der Waals surface area contributed by atoms with Crippen LogP contribution >= 0.6 is 0 Å². The van der Waals surface area contributed by atoms with Gasteiger partial charge in [-0.2, -0.15) is 5.10 Å². The summed E-state index contributed by atoms with van der Waals surface area (Å²) in [5.41, 5.74) is 7.58. The molecular formula is C9H15N3O. The van der Waals surface area contributed by atoms with Crippen molar-refractivity contribution in [3.63, 3.8) is 0 Å². The lowest BCUT2D eigenvalue weighted by Gasteiger charge is -1.98. The van der Waals surface area contributed by atoms with Gasteiger partial charge in [-0.25, -0.2) is 0 Å². The molecule has 13 heavy (non-hydrogen) atoms. The number of nitrogens with one attached hydrogen (secondary N) is 1. The number of carbonyl (C=O) groups excluding carboxylic acids is 1. The van der Waals surface area contributed by atoms with Crippen molar-refractivity contribution >= 4 is 5.91 Å². The van der Waals surface area contributed by atoms with Crippen molar-refractivity contribution in [2.75, 3.05) is 0 Å². The number of hydrogen-bond acceptors (Lipinski definition) is 2. The zero-order valence-electron chi connectivity index (χ0n) is 8.05. The Kier molecular flexibility index (Phi) is 3.06. The fourth-order valence-electron chi connectivity index (χ4n) is 1.44. The Morgan fingerprint density at radius 1 is 1.54 bits per heavy atom. The second-order valence-electron chi connectivity index (χ2n) is 3.00. The van der Waals surface area contributed by atoms with E-state index < -0.39 is 5.91 Å². The van der Waals surface area contributed by atoms with Crippen LogP contribution in [0.2, 0.25) is 0 Å². The molecule has 0 bridgehead atoms. The van der Waals surface area contributed by atoms with Crippen molar-refractivity contribution in [1.82, 2.24) is 10.2 Å². The fraction of sp³-hybridized carbons (Fsp3) is 0.556. The lowest BCUT2D eigenvalue weighted by atomic mass is 10.1. The monoisotopic (exact) mass is 181 g/mol. The molecule has 0 saturated carbocycles. The first-order valence-electron chi connectivity index (χ1n) is 4.56. The van der Waals surface area contributed by atoms with Crippen LogP contribution in [-0.4, -0.2) is 16.1 Å². The van der Waals surface area contributed by atoms with Gasteiger partial charge in [0.25, 0.3) is 5.91 Å². The summed E-state index contributed by atoms with van der Waals surface area (Å²) in [5.74, 6) is -0.449. The maximum Gasteiger partial charge on any atom is 0.269 e. The van der Waals surface area contributed by atoms with Gasteiger partial charge in [-0.15, -0.1) is 0 Å². The molecule has 4 nitrogen and oxygen atoms in total. The third kappa shape index (κ3) is 1.88. The Morgan fingerprint density at radius 2 is 2.23 bits per heavy atom. The minimum Gasteiger partial charge on any atom is -0.364 e. The smallest absolute Gasteiger partial charge is 0.269 e. The SMILES string of the molecule is CCCc1[nH]nc(C(N)=O)c1CC. The molecule has 0 aliphatic heterocycles. The predicted octanol–water partition coefficient (Wildman–Crippen LogP) is 1.02. The van der Waals surface area contributed by atoms with E-state index in [0.717, 1.165) is 30.5 Å². The summed E-state index contributed by atoms with van der Waals surface area (Å²) in [5, 5.41) is 6.76. The van der Waals surface area contributed by atoms with Gasteiger partial charge in [0.05, 0.1) is 0 Å². The van der Waals surface area contributed by atoms with Gasteiger partial charge in [0.1, 0.15) is 0 Å². The summed E-state index contributed by atoms with van der Waals surface area (Å²) in [6.45, 7) is 4.08. The molecule has 4 heteroatoms. The number of rotatable bonds is 4. The molecular weight excluding hydrogens is 166 g/mol. The Bertz CT molecular complexity index is 304. The van der Waals surface area contributed by atoms with E-state index in [2.05, 4.69) is 17.1 Å². The quantitative estimate of drug-likeness (QED) is 0.728. The van der Waals surface area contributed by atoms with Crippen molar-refractivity contribution in [2.24, 2.45) is 5.73 Å². The number of amides is 1. The van der Waals surface area contributed by atoms with E-state index in [-0.39, 0.29) is 0 Å². The molecule has 0 radical (unpaired) electrons. The number of aromatic amines is 1. The molecule has 1 amide bonds. The molecule has 0 atom stereocenters. The molecule has 0 saturated heterocycles. The van der Waals surface area contributed by atoms with Crippen LogP contribution < -0.4 is 5.73 Å². The van der Waals surface area contributed by atoms with E-state index in [1.165, 1.54) is 0 Å². The number of aromatic nitrogens is 2.